The van der Waals surface area contributed by atoms with Crippen molar-refractivity contribution in [3.8, 4) is 0 Å². The van der Waals surface area contributed by atoms with Gasteiger partial charge in [0.15, 0.2) is 5.28 Å². The fourth-order valence-electron chi connectivity index (χ4n) is 4.09. The van der Waals surface area contributed by atoms with E-state index in [1.54, 1.807) is 0 Å². The zero-order valence-corrected chi connectivity index (χ0v) is 21.4. The van der Waals surface area contributed by atoms with Crippen LogP contribution in [0.5, 0.6) is 0 Å². The Kier molecular flexibility index (Phi) is 7.33. The lowest BCUT2D eigenvalue weighted by Gasteiger charge is -2.32. The van der Waals surface area contributed by atoms with E-state index in [1.807, 2.05) is 53.3 Å². The van der Waals surface area contributed by atoms with Crippen LogP contribution in [0, 0.1) is 0 Å². The third-order valence-corrected chi connectivity index (χ3v) is 8.03. The molecule has 1 heterocycles. The molecule has 0 aliphatic rings. The van der Waals surface area contributed by atoms with Gasteiger partial charge in [0.1, 0.15) is 0 Å². The summed E-state index contributed by atoms with van der Waals surface area (Å²) >= 11 is 10.5. The molecule has 0 amide bonds. The van der Waals surface area contributed by atoms with Crippen molar-refractivity contribution in [3.05, 3.63) is 99.1 Å². The highest BCUT2D eigenvalue weighted by Crippen LogP contribution is 2.46. The quantitative estimate of drug-likeness (QED) is 0.136. The Bertz CT molecular complexity index is 1250. The molecule has 0 aliphatic carbocycles. The van der Waals surface area contributed by atoms with Gasteiger partial charge in [-0.1, -0.05) is 86.8 Å². The molecule has 0 unspecified atom stereocenters. The molecule has 33 heavy (non-hydrogen) atoms. The van der Waals surface area contributed by atoms with Gasteiger partial charge in [0.2, 0.25) is 0 Å². The lowest BCUT2D eigenvalue weighted by molar-refractivity contribution is -0.141. The SMILES string of the molecule is C=PC(c1ccccc1)(c1ccccc1)n1ncc2c(Br)c(CCCOC(C)=O)c(Cl)cc21. The highest BCUT2D eigenvalue weighted by atomic mass is 79.9. The first-order valence-corrected chi connectivity index (χ1v) is 12.8. The topological polar surface area (TPSA) is 44.1 Å². The van der Waals surface area contributed by atoms with Gasteiger partial charge >= 0.3 is 5.97 Å². The highest BCUT2D eigenvalue weighted by Gasteiger charge is 2.36. The van der Waals surface area contributed by atoms with Gasteiger partial charge in [0.25, 0.3) is 0 Å². The van der Waals surface area contributed by atoms with Gasteiger partial charge in [-0.3, -0.25) is 4.79 Å². The van der Waals surface area contributed by atoms with E-state index >= 15 is 0 Å². The Balaban J connectivity index is 1.87. The normalized spacial score (nSPS) is 11.7. The average Bonchev–Trinajstić information content (AvgIpc) is 3.25. The summed E-state index contributed by atoms with van der Waals surface area (Å²) in [7, 11) is 0.870. The summed E-state index contributed by atoms with van der Waals surface area (Å²) in [5, 5.41) is 5.87. The van der Waals surface area contributed by atoms with Crippen LogP contribution in [0.25, 0.3) is 10.9 Å². The van der Waals surface area contributed by atoms with Gasteiger partial charge in [-0.25, -0.2) is 4.68 Å². The van der Waals surface area contributed by atoms with Crippen molar-refractivity contribution < 1.29 is 9.53 Å². The minimum Gasteiger partial charge on any atom is -0.466 e. The molecule has 0 saturated heterocycles. The molecule has 0 radical (unpaired) electrons. The minimum absolute atomic E-state index is 0.276. The van der Waals surface area contributed by atoms with E-state index in [0.29, 0.717) is 24.5 Å². The van der Waals surface area contributed by atoms with E-state index in [4.69, 9.17) is 21.4 Å². The average molecular weight is 542 g/mol. The van der Waals surface area contributed by atoms with Gasteiger partial charge in [-0.05, 0) is 51.5 Å². The van der Waals surface area contributed by atoms with E-state index in [1.165, 1.54) is 6.92 Å². The maximum atomic E-state index is 11.0. The molecule has 0 bridgehead atoms. The fraction of sp³-hybridized carbons (Fsp3) is 0.192. The number of nitrogens with zero attached hydrogens (tertiary/aromatic N) is 2. The summed E-state index contributed by atoms with van der Waals surface area (Å²) in [6.45, 7) is 1.78. The number of carbonyl (C=O) groups is 1. The second-order valence-electron chi connectivity index (χ2n) is 7.65. The Labute approximate surface area is 208 Å². The van der Waals surface area contributed by atoms with Crippen LogP contribution in [0.3, 0.4) is 0 Å². The highest BCUT2D eigenvalue weighted by molar-refractivity contribution is 9.10. The second-order valence-corrected chi connectivity index (χ2v) is 9.81. The number of rotatable bonds is 8. The van der Waals surface area contributed by atoms with Crippen molar-refractivity contribution in [1.82, 2.24) is 9.78 Å². The third-order valence-electron chi connectivity index (χ3n) is 5.62. The number of fused-ring (bicyclic) bond motifs is 1. The Morgan fingerprint density at radius 1 is 1.15 bits per heavy atom. The first-order valence-electron chi connectivity index (χ1n) is 10.6. The van der Waals surface area contributed by atoms with Crippen LogP contribution in [0.2, 0.25) is 5.02 Å². The number of carbonyl (C=O) groups excluding carboxylic acids is 1. The molecule has 0 saturated carbocycles. The molecule has 0 N–H and O–H groups in total. The van der Waals surface area contributed by atoms with E-state index < -0.39 is 5.28 Å². The van der Waals surface area contributed by atoms with Crippen molar-refractivity contribution >= 4 is 58.9 Å². The molecule has 3 aromatic carbocycles. The number of halogens is 2. The van der Waals surface area contributed by atoms with Crippen molar-refractivity contribution in [2.24, 2.45) is 0 Å². The molecule has 0 fully saturated rings. The second kappa shape index (κ2) is 10.2. The van der Waals surface area contributed by atoms with Crippen LogP contribution in [0.1, 0.15) is 30.0 Å². The monoisotopic (exact) mass is 540 g/mol. The number of hydrogen-bond acceptors (Lipinski definition) is 3. The van der Waals surface area contributed by atoms with Crippen LogP contribution >= 0.6 is 35.7 Å². The van der Waals surface area contributed by atoms with Gasteiger partial charge in [0.05, 0.1) is 18.3 Å². The number of ether oxygens (including phenoxy) is 1. The van der Waals surface area contributed by atoms with Crippen molar-refractivity contribution in [1.29, 1.82) is 0 Å². The minimum atomic E-state index is -0.621. The lowest BCUT2D eigenvalue weighted by Crippen LogP contribution is -2.31. The maximum Gasteiger partial charge on any atom is 0.302 e. The van der Waals surface area contributed by atoms with Gasteiger partial charge in [-0.2, -0.15) is 5.10 Å². The molecule has 0 aliphatic heterocycles. The van der Waals surface area contributed by atoms with Crippen LogP contribution < -0.4 is 0 Å². The zero-order valence-electron chi connectivity index (χ0n) is 18.2. The predicted molar refractivity (Wildman–Crippen MR) is 140 cm³/mol. The van der Waals surface area contributed by atoms with E-state index in [9.17, 15) is 4.79 Å². The summed E-state index contributed by atoms with van der Waals surface area (Å²) < 4.78 is 8.01. The van der Waals surface area contributed by atoms with E-state index in [2.05, 4.69) is 46.5 Å². The summed E-state index contributed by atoms with van der Waals surface area (Å²) in [4.78, 5) is 11.0. The van der Waals surface area contributed by atoms with Gasteiger partial charge < -0.3 is 4.74 Å². The van der Waals surface area contributed by atoms with Crippen LogP contribution in [-0.4, -0.2) is 28.7 Å². The largest absolute Gasteiger partial charge is 0.466 e. The molecule has 4 aromatic rings. The predicted octanol–water partition coefficient (Wildman–Crippen LogP) is 7.08. The van der Waals surface area contributed by atoms with E-state index in [0.717, 1.165) is 40.3 Å². The van der Waals surface area contributed by atoms with Crippen molar-refractivity contribution in [3.63, 3.8) is 0 Å². The smallest absolute Gasteiger partial charge is 0.302 e. The summed E-state index contributed by atoms with van der Waals surface area (Å²) in [5.74, 6) is -0.276. The number of aromatic nitrogens is 2. The van der Waals surface area contributed by atoms with Crippen LogP contribution in [-0.2, 0) is 21.2 Å². The molecule has 0 spiro atoms. The van der Waals surface area contributed by atoms with Crippen LogP contribution in [0.4, 0.5) is 0 Å². The summed E-state index contributed by atoms with van der Waals surface area (Å²) in [6, 6.07) is 22.6. The molecular weight excluding hydrogens is 519 g/mol. The Hall–Kier alpha value is -2.46. The molecule has 4 rings (SSSR count). The summed E-state index contributed by atoms with van der Waals surface area (Å²) in [6.07, 6.45) is 7.57. The first-order chi connectivity index (χ1) is 16.0. The molecule has 4 nitrogen and oxygen atoms in total. The summed E-state index contributed by atoms with van der Waals surface area (Å²) in [5.41, 5.74) is 4.08. The number of benzene rings is 3. The lowest BCUT2D eigenvalue weighted by atomic mass is 9.97. The first kappa shape index (κ1) is 23.7. The standard InChI is InChI=1S/C26H23BrClN2O2P/c1-18(31)32-15-9-14-21-23(28)16-24-22(25(21)27)17-29-30(24)26(33-2,19-10-5-3-6-11-19)20-12-7-4-8-13-20/h3-8,10-13,16-17H,2,9,14-15H2,1H3. The van der Waals surface area contributed by atoms with Gasteiger partial charge in [-0.15, -0.1) is 0 Å². The number of hydrogen-bond donors (Lipinski definition) is 0. The van der Waals surface area contributed by atoms with Crippen molar-refractivity contribution in [2.45, 2.75) is 25.0 Å². The molecule has 0 atom stereocenters. The Morgan fingerprint density at radius 2 is 1.76 bits per heavy atom. The number of esters is 1. The zero-order chi connectivity index (χ0) is 23.4. The maximum absolute atomic E-state index is 11.0. The molecule has 1 aromatic heterocycles. The molecular formula is C26H23BrClN2O2P. The van der Waals surface area contributed by atoms with E-state index in [-0.39, 0.29) is 5.97 Å². The van der Waals surface area contributed by atoms with Crippen molar-refractivity contribution in [2.75, 3.05) is 6.61 Å². The molecule has 7 heteroatoms. The molecule has 168 valence electrons. The third kappa shape index (κ3) is 4.50. The fourth-order valence-corrected chi connectivity index (χ4v) is 6.17. The van der Waals surface area contributed by atoms with Crippen LogP contribution in [0.15, 0.2) is 77.4 Å². The Morgan fingerprint density at radius 3 is 2.30 bits per heavy atom. The van der Waals surface area contributed by atoms with Gasteiger partial charge in [0, 0.05) is 21.8 Å².